The Balaban J connectivity index is 1.36. The largest absolute Gasteiger partial charge is 0.445 e. The van der Waals surface area contributed by atoms with Crippen LogP contribution in [0.4, 0.5) is 15.3 Å². The Hall–Kier alpha value is -7.53. The number of amides is 10. The van der Waals surface area contributed by atoms with Crippen molar-refractivity contribution in [2.24, 2.45) is 41.2 Å². The summed E-state index contributed by atoms with van der Waals surface area (Å²) in [6.07, 6.45) is 4.15. The Kier molecular flexibility index (Phi) is 31.3. The van der Waals surface area contributed by atoms with E-state index in [0.29, 0.717) is 56.3 Å². The molecule has 2 aliphatic rings. The van der Waals surface area contributed by atoms with Crippen LogP contribution in [-0.2, 0) is 64.0 Å². The molecule has 0 aliphatic carbocycles. The molecule has 0 spiro atoms. The minimum atomic E-state index is -1.42. The first-order chi connectivity index (χ1) is 43.9. The average Bonchev–Trinajstić information content (AvgIpc) is 1.50. The van der Waals surface area contributed by atoms with Crippen LogP contribution < -0.4 is 27.0 Å². The maximum Gasteiger partial charge on any atom is 0.410 e. The molecule has 10 amide bonds. The van der Waals surface area contributed by atoms with Gasteiger partial charge in [-0.3, -0.25) is 53.0 Å². The highest BCUT2D eigenvalue weighted by Gasteiger charge is 2.45. The van der Waals surface area contributed by atoms with Gasteiger partial charge in [0.2, 0.25) is 29.5 Å². The summed E-state index contributed by atoms with van der Waals surface area (Å²) in [6.45, 7) is 21.1. The molecule has 0 aromatic heterocycles. The van der Waals surface area contributed by atoms with Gasteiger partial charge in [-0.1, -0.05) is 111 Å². The summed E-state index contributed by atoms with van der Waals surface area (Å²) in [6, 6.07) is 13.8. The zero-order chi connectivity index (χ0) is 69.4. The summed E-state index contributed by atoms with van der Waals surface area (Å²) in [5.41, 5.74) is 5.89. The van der Waals surface area contributed by atoms with Crippen molar-refractivity contribution in [3.05, 3.63) is 77.9 Å². The van der Waals surface area contributed by atoms with Gasteiger partial charge in [0.05, 0.1) is 48.2 Å². The van der Waals surface area contributed by atoms with Crippen molar-refractivity contribution in [1.82, 2.24) is 35.6 Å². The quantitative estimate of drug-likeness (QED) is 0.0312. The summed E-state index contributed by atoms with van der Waals surface area (Å²) in [5, 5.41) is 11.4. The lowest BCUT2D eigenvalue weighted by molar-refractivity contribution is -0.149. The summed E-state index contributed by atoms with van der Waals surface area (Å²) in [4.78, 5) is 153. The van der Waals surface area contributed by atoms with Crippen molar-refractivity contribution in [1.29, 1.82) is 0 Å². The highest BCUT2D eigenvalue weighted by molar-refractivity contribution is 6.12. The fourth-order valence-corrected chi connectivity index (χ4v) is 12.2. The number of unbranched alkanes of at least 4 members (excludes halogenated alkanes) is 2. The number of ether oxygens (including phenoxy) is 3. The number of likely N-dealkylation sites (tertiary alicyclic amines) is 1. The highest BCUT2D eigenvalue weighted by atomic mass is 16.6. The van der Waals surface area contributed by atoms with Crippen LogP contribution in [0.5, 0.6) is 0 Å². The molecule has 6 N–H and O–H groups in total. The minimum Gasteiger partial charge on any atom is -0.445 e. The number of primary amides is 1. The fraction of sp³-hybridized carbons (Fsp3) is 0.643. The van der Waals surface area contributed by atoms with Gasteiger partial charge in [-0.15, -0.1) is 0 Å². The van der Waals surface area contributed by atoms with Crippen molar-refractivity contribution in [2.45, 2.75) is 208 Å². The number of rotatable bonds is 39. The van der Waals surface area contributed by atoms with E-state index in [-0.39, 0.29) is 135 Å². The molecule has 2 heterocycles. The van der Waals surface area contributed by atoms with E-state index in [1.165, 1.54) is 31.2 Å². The Morgan fingerprint density at radius 3 is 1.99 bits per heavy atom. The molecule has 23 heteroatoms. The molecule has 516 valence electrons. The number of urea groups is 1. The van der Waals surface area contributed by atoms with E-state index in [1.807, 2.05) is 71.9 Å². The third-order valence-electron chi connectivity index (χ3n) is 19.0. The minimum absolute atomic E-state index is 0.0390. The van der Waals surface area contributed by atoms with Crippen molar-refractivity contribution in [3.63, 3.8) is 0 Å². The van der Waals surface area contributed by atoms with E-state index >= 15 is 0 Å². The number of methoxy groups -OCH3 is 2. The number of carbonyl (C=O) groups excluding carboxylic acids is 11. The van der Waals surface area contributed by atoms with Gasteiger partial charge >= 0.3 is 12.1 Å². The second-order valence-electron chi connectivity index (χ2n) is 26.5. The topological polar surface area (TPSA) is 303 Å². The van der Waals surface area contributed by atoms with Crippen LogP contribution >= 0.6 is 0 Å². The number of nitrogens with zero attached hydrogens (tertiary/aromatic N) is 4. The first-order valence-corrected chi connectivity index (χ1v) is 33.1. The van der Waals surface area contributed by atoms with Gasteiger partial charge in [-0.2, -0.15) is 0 Å². The Labute approximate surface area is 551 Å². The Morgan fingerprint density at radius 2 is 1.41 bits per heavy atom. The van der Waals surface area contributed by atoms with Crippen molar-refractivity contribution in [3.8, 4) is 0 Å². The van der Waals surface area contributed by atoms with Crippen molar-refractivity contribution < 1.29 is 67.0 Å². The second kappa shape index (κ2) is 37.4. The van der Waals surface area contributed by atoms with E-state index in [1.54, 1.807) is 75.9 Å². The average molecular weight is 1300 g/mol. The number of likely N-dealkylation sites (N-methyl/N-ethyl adjacent to an activating group) is 2. The maximum absolute atomic E-state index is 14.8. The molecule has 0 bridgehead atoms. The standard InChI is InChI=1S/C70H107N9O14/c1-16-45(6)63(56(91-14)41-61(85)78-38-24-28-54(78)64(92-15)47(8)65(86)73-48(9)46(7)50-25-19-17-20-26-50)76(12)67(88)53(43(2)3)40-57(81)70(10,11)77(13)69(90)93-42-49-30-32-52(33-31-49)74-66(87)51(27-23-36-72-68(71)89)39-55(80)62(44(4)5)75-58(82)29-21-18-22-37-79-59(83)34-35-60(79)84/h17,19-20,25-26,30-35,43-48,51,53-54,56,62-64H,16,18,21-24,27-29,36-42H2,1-15H3,(H,73,86)(H,74,87)(H,75,82)(H3,71,72,89)/t45-,46+,47+,48+,51+,53-,54-,56+,62-,63-,64+/m0/s1. The molecule has 0 saturated carbocycles. The second-order valence-corrected chi connectivity index (χ2v) is 26.5. The molecule has 2 aromatic carbocycles. The molecular formula is C70H107N9O14. The molecule has 23 nitrogen and oxygen atoms in total. The third-order valence-corrected chi connectivity index (χ3v) is 19.0. The molecule has 93 heavy (non-hydrogen) atoms. The summed E-state index contributed by atoms with van der Waals surface area (Å²) in [5.74, 6) is -5.80. The zero-order valence-corrected chi connectivity index (χ0v) is 57.8. The summed E-state index contributed by atoms with van der Waals surface area (Å²) in [7, 11) is 6.24. The molecule has 0 unspecified atom stereocenters. The van der Waals surface area contributed by atoms with Crippen LogP contribution in [0.3, 0.4) is 0 Å². The lowest BCUT2D eigenvalue weighted by Crippen LogP contribution is -2.55. The fourth-order valence-electron chi connectivity index (χ4n) is 12.2. The monoisotopic (exact) mass is 1300 g/mol. The van der Waals surface area contributed by atoms with Crippen LogP contribution in [0.25, 0.3) is 0 Å². The molecule has 2 aliphatic heterocycles. The smallest absolute Gasteiger partial charge is 0.410 e. The predicted octanol–water partition coefficient (Wildman–Crippen LogP) is 8.08. The molecule has 11 atom stereocenters. The predicted molar refractivity (Wildman–Crippen MR) is 355 cm³/mol. The lowest BCUT2D eigenvalue weighted by atomic mass is 9.82. The summed E-state index contributed by atoms with van der Waals surface area (Å²) >= 11 is 0. The number of carbonyl (C=O) groups is 11. The highest BCUT2D eigenvalue weighted by Crippen LogP contribution is 2.33. The van der Waals surface area contributed by atoms with Gasteiger partial charge in [0.15, 0.2) is 11.6 Å². The van der Waals surface area contributed by atoms with E-state index < -0.39 is 65.6 Å². The van der Waals surface area contributed by atoms with Gasteiger partial charge in [0.1, 0.15) is 6.61 Å². The number of imide groups is 1. The van der Waals surface area contributed by atoms with E-state index in [4.69, 9.17) is 19.9 Å². The molecule has 0 radical (unpaired) electrons. The van der Waals surface area contributed by atoms with Crippen LogP contribution in [-0.4, -0.2) is 175 Å². The van der Waals surface area contributed by atoms with E-state index in [9.17, 15) is 52.7 Å². The zero-order valence-electron chi connectivity index (χ0n) is 57.8. The molecule has 4 rings (SSSR count). The molecule has 1 saturated heterocycles. The number of Topliss-reactive ketones (excluding diaryl/α,β-unsaturated/α-hetero) is 2. The lowest BCUT2D eigenvalue weighted by Gasteiger charge is -2.41. The summed E-state index contributed by atoms with van der Waals surface area (Å²) < 4.78 is 17.8. The van der Waals surface area contributed by atoms with Gasteiger partial charge < -0.3 is 51.0 Å². The van der Waals surface area contributed by atoms with Crippen LogP contribution in [0.1, 0.15) is 170 Å². The van der Waals surface area contributed by atoms with Crippen LogP contribution in [0.15, 0.2) is 66.7 Å². The van der Waals surface area contributed by atoms with Gasteiger partial charge in [0, 0.05) is 109 Å². The molecule has 2 aromatic rings. The van der Waals surface area contributed by atoms with Gasteiger partial charge in [0.25, 0.3) is 11.8 Å². The van der Waals surface area contributed by atoms with Gasteiger partial charge in [-0.05, 0) is 100 Å². The Bertz CT molecular complexity index is 2860. The number of nitrogens with two attached hydrogens (primary N) is 1. The van der Waals surface area contributed by atoms with Crippen LogP contribution in [0.2, 0.25) is 0 Å². The number of benzene rings is 2. The normalized spacial score (nSPS) is 17.3. The van der Waals surface area contributed by atoms with Crippen molar-refractivity contribution >= 4 is 70.7 Å². The number of hydrogen-bond donors (Lipinski definition) is 5. The third kappa shape index (κ3) is 22.6. The maximum atomic E-state index is 14.8. The SMILES string of the molecule is CC[C@H](C)[C@@H]([C@@H](CC(=O)N1CCC[C@H]1[C@H](OC)[C@@H](C)C(=O)N[C@H](C)[C@@H](C)c1ccccc1)OC)N(C)C(=O)[C@@H](CC(=O)C(C)(C)N(C)C(=O)OCc1ccc(NC(=O)[C@H](CCCNC(N)=O)CC(=O)[C@@H](NC(=O)CCCCCN2C(=O)C=CC2=O)C(C)C)cc1)C(C)C. The Morgan fingerprint density at radius 1 is 0.763 bits per heavy atom. The number of nitrogens with one attached hydrogen (secondary N) is 4. The van der Waals surface area contributed by atoms with Crippen molar-refractivity contribution in [2.75, 3.05) is 53.3 Å². The van der Waals surface area contributed by atoms with Crippen LogP contribution in [0, 0.1) is 35.5 Å². The molecular weight excluding hydrogens is 1190 g/mol. The number of hydrogen-bond acceptors (Lipinski definition) is 14. The van der Waals surface area contributed by atoms with Gasteiger partial charge in [-0.25, -0.2) is 9.59 Å². The van der Waals surface area contributed by atoms with E-state index in [0.717, 1.165) is 16.9 Å². The first-order valence-electron chi connectivity index (χ1n) is 33.1. The first kappa shape index (κ1) is 77.9. The number of anilines is 1. The van der Waals surface area contributed by atoms with E-state index in [2.05, 4.69) is 28.2 Å². The molecule has 1 fully saturated rings. The number of ketones is 2.